The molecule has 0 bridgehead atoms. The number of thiazole rings is 1. The number of anilines is 2. The Morgan fingerprint density at radius 1 is 1.38 bits per heavy atom. The Hall–Kier alpha value is -1.80. The fraction of sp³-hybridized carbons (Fsp3) is 0.308. The number of nitrogen functional groups attached to an aromatic ring is 1. The summed E-state index contributed by atoms with van der Waals surface area (Å²) >= 11 is 1.39. The molecule has 112 valence electrons. The van der Waals surface area contributed by atoms with E-state index < -0.39 is 10.0 Å². The molecule has 0 unspecified atom stereocenters. The van der Waals surface area contributed by atoms with Crippen LogP contribution in [-0.2, 0) is 22.9 Å². The lowest BCUT2D eigenvalue weighted by molar-refractivity contribution is 0.403. The van der Waals surface area contributed by atoms with Crippen LogP contribution in [0.1, 0.15) is 17.0 Å². The second-order valence-electron chi connectivity index (χ2n) is 4.76. The Kier molecular flexibility index (Phi) is 3.50. The van der Waals surface area contributed by atoms with Gasteiger partial charge in [-0.25, -0.2) is 13.4 Å². The molecule has 0 fully saturated rings. The largest absolute Gasteiger partial charge is 0.495 e. The fourth-order valence-electron chi connectivity index (χ4n) is 2.31. The smallest absolute Gasteiger partial charge is 0.267 e. The third-order valence-corrected chi connectivity index (χ3v) is 5.87. The summed E-state index contributed by atoms with van der Waals surface area (Å²) in [6, 6.07) is 4.44. The van der Waals surface area contributed by atoms with Crippen LogP contribution in [0.3, 0.4) is 0 Å². The molecule has 1 aromatic heterocycles. The number of ether oxygens (including phenoxy) is 1. The van der Waals surface area contributed by atoms with Gasteiger partial charge in [0.05, 0.1) is 12.8 Å². The molecule has 0 atom stereocenters. The number of methoxy groups -OCH3 is 1. The summed E-state index contributed by atoms with van der Waals surface area (Å²) in [7, 11) is -2.33. The molecule has 2 aromatic rings. The zero-order chi connectivity index (χ0) is 15.0. The van der Waals surface area contributed by atoms with Crippen LogP contribution in [0.25, 0.3) is 0 Å². The molecule has 0 aliphatic heterocycles. The van der Waals surface area contributed by atoms with E-state index in [1.807, 2.05) is 0 Å². The average Bonchev–Trinajstić information content (AvgIpc) is 2.98. The molecule has 3 rings (SSSR count). The predicted molar refractivity (Wildman–Crippen MR) is 82.4 cm³/mol. The lowest BCUT2D eigenvalue weighted by Gasteiger charge is -2.10. The maximum Gasteiger partial charge on any atom is 0.267 e. The summed E-state index contributed by atoms with van der Waals surface area (Å²) in [6.45, 7) is 0. The van der Waals surface area contributed by atoms with Crippen molar-refractivity contribution in [1.82, 2.24) is 4.98 Å². The Labute approximate surface area is 127 Å². The van der Waals surface area contributed by atoms with E-state index in [9.17, 15) is 8.42 Å². The number of aromatic nitrogens is 1. The van der Waals surface area contributed by atoms with Gasteiger partial charge < -0.3 is 10.5 Å². The zero-order valence-electron chi connectivity index (χ0n) is 11.4. The van der Waals surface area contributed by atoms with Gasteiger partial charge in [-0.1, -0.05) is 0 Å². The van der Waals surface area contributed by atoms with Gasteiger partial charge >= 0.3 is 0 Å². The topological polar surface area (TPSA) is 94.3 Å². The molecule has 1 aliphatic carbocycles. The van der Waals surface area contributed by atoms with E-state index >= 15 is 0 Å². The van der Waals surface area contributed by atoms with E-state index in [1.54, 1.807) is 0 Å². The first-order valence-electron chi connectivity index (χ1n) is 6.44. The summed E-state index contributed by atoms with van der Waals surface area (Å²) in [5, 5.41) is 0.401. The molecule has 6 nitrogen and oxygen atoms in total. The number of rotatable bonds is 4. The van der Waals surface area contributed by atoms with Gasteiger partial charge in [-0.15, -0.1) is 11.3 Å². The molecule has 1 heterocycles. The first kappa shape index (κ1) is 14.2. The molecule has 0 spiro atoms. The SMILES string of the molecule is COc1cc(N)ccc1S(=O)(=O)Nc1nc2c(s1)CCC2. The van der Waals surface area contributed by atoms with E-state index in [0.717, 1.165) is 29.8 Å². The van der Waals surface area contributed by atoms with Gasteiger partial charge in [-0.05, 0) is 31.4 Å². The number of fused-ring (bicyclic) bond motifs is 1. The Balaban J connectivity index is 1.93. The number of aryl methyl sites for hydroxylation is 2. The van der Waals surface area contributed by atoms with E-state index in [0.29, 0.717) is 10.8 Å². The summed E-state index contributed by atoms with van der Waals surface area (Å²) < 4.78 is 32.5. The zero-order valence-corrected chi connectivity index (χ0v) is 13.1. The van der Waals surface area contributed by atoms with Gasteiger partial charge in [0, 0.05) is 16.6 Å². The van der Waals surface area contributed by atoms with E-state index in [1.165, 1.54) is 36.6 Å². The van der Waals surface area contributed by atoms with Gasteiger partial charge in [0.1, 0.15) is 10.6 Å². The van der Waals surface area contributed by atoms with Crippen molar-refractivity contribution in [2.24, 2.45) is 0 Å². The van der Waals surface area contributed by atoms with Crippen LogP contribution < -0.4 is 15.2 Å². The fourth-order valence-corrected chi connectivity index (χ4v) is 4.75. The minimum Gasteiger partial charge on any atom is -0.495 e. The highest BCUT2D eigenvalue weighted by molar-refractivity contribution is 7.93. The number of benzene rings is 1. The van der Waals surface area contributed by atoms with Crippen molar-refractivity contribution in [3.63, 3.8) is 0 Å². The highest BCUT2D eigenvalue weighted by Gasteiger charge is 2.23. The number of hydrogen-bond acceptors (Lipinski definition) is 6. The number of sulfonamides is 1. The van der Waals surface area contributed by atoms with E-state index in [2.05, 4.69) is 9.71 Å². The maximum atomic E-state index is 12.5. The van der Waals surface area contributed by atoms with Crippen molar-refractivity contribution < 1.29 is 13.2 Å². The molecule has 8 heteroatoms. The molecule has 21 heavy (non-hydrogen) atoms. The molecule has 0 saturated heterocycles. The van der Waals surface area contributed by atoms with Gasteiger partial charge in [0.25, 0.3) is 10.0 Å². The molecular weight excluding hydrogens is 310 g/mol. The molecular formula is C13H15N3O3S2. The van der Waals surface area contributed by atoms with E-state index in [-0.39, 0.29) is 10.6 Å². The highest BCUT2D eigenvalue weighted by atomic mass is 32.2. The molecule has 3 N–H and O–H groups in total. The second kappa shape index (κ2) is 5.19. The van der Waals surface area contributed by atoms with Crippen molar-refractivity contribution >= 4 is 32.2 Å². The van der Waals surface area contributed by atoms with Gasteiger partial charge in [0.15, 0.2) is 5.13 Å². The average molecular weight is 325 g/mol. The van der Waals surface area contributed by atoms with Crippen molar-refractivity contribution in [2.75, 3.05) is 17.6 Å². The van der Waals surface area contributed by atoms with Crippen LogP contribution >= 0.6 is 11.3 Å². The Morgan fingerprint density at radius 2 is 2.19 bits per heavy atom. The minimum absolute atomic E-state index is 0.0505. The summed E-state index contributed by atoms with van der Waals surface area (Å²) in [6.07, 6.45) is 2.98. The van der Waals surface area contributed by atoms with Gasteiger partial charge in [-0.2, -0.15) is 0 Å². The monoisotopic (exact) mass is 325 g/mol. The highest BCUT2D eigenvalue weighted by Crippen LogP contribution is 2.33. The lowest BCUT2D eigenvalue weighted by atomic mass is 10.3. The molecule has 0 amide bonds. The van der Waals surface area contributed by atoms with Crippen LogP contribution in [0.4, 0.5) is 10.8 Å². The number of nitrogens with one attached hydrogen (secondary N) is 1. The normalized spacial score (nSPS) is 14.0. The Morgan fingerprint density at radius 3 is 2.90 bits per heavy atom. The quantitative estimate of drug-likeness (QED) is 0.839. The van der Waals surface area contributed by atoms with E-state index in [4.69, 9.17) is 10.5 Å². The van der Waals surface area contributed by atoms with Crippen LogP contribution in [0.2, 0.25) is 0 Å². The van der Waals surface area contributed by atoms with Crippen LogP contribution in [0, 0.1) is 0 Å². The molecule has 0 radical (unpaired) electrons. The predicted octanol–water partition coefficient (Wildman–Crippen LogP) is 2.02. The van der Waals surface area contributed by atoms with Gasteiger partial charge in [-0.3, -0.25) is 4.72 Å². The standard InChI is InChI=1S/C13H15N3O3S2/c1-19-10-7-8(14)5-6-12(10)21(17,18)16-13-15-9-3-2-4-11(9)20-13/h5-7H,2-4,14H2,1H3,(H,15,16). The van der Waals surface area contributed by atoms with Crippen LogP contribution in [0.5, 0.6) is 5.75 Å². The first-order valence-corrected chi connectivity index (χ1v) is 8.74. The lowest BCUT2D eigenvalue weighted by Crippen LogP contribution is -2.14. The van der Waals surface area contributed by atoms with Crippen molar-refractivity contribution in [3.8, 4) is 5.75 Å². The summed E-state index contributed by atoms with van der Waals surface area (Å²) in [5.41, 5.74) is 7.09. The van der Waals surface area contributed by atoms with Gasteiger partial charge in [0.2, 0.25) is 0 Å². The number of nitrogens with zero attached hydrogens (tertiary/aromatic N) is 1. The summed E-state index contributed by atoms with van der Waals surface area (Å²) in [5.74, 6) is 0.214. The molecule has 0 saturated carbocycles. The number of nitrogens with two attached hydrogens (primary N) is 1. The first-order chi connectivity index (χ1) is 9.99. The Bertz CT molecular complexity index is 762. The molecule has 1 aromatic carbocycles. The third-order valence-electron chi connectivity index (χ3n) is 3.29. The number of hydrogen-bond donors (Lipinski definition) is 2. The summed E-state index contributed by atoms with van der Waals surface area (Å²) in [4.78, 5) is 5.55. The van der Waals surface area contributed by atoms with Crippen molar-refractivity contribution in [2.45, 2.75) is 24.2 Å². The minimum atomic E-state index is -3.74. The second-order valence-corrected chi connectivity index (χ2v) is 7.49. The maximum absolute atomic E-state index is 12.5. The molecule has 1 aliphatic rings. The third kappa shape index (κ3) is 2.68. The van der Waals surface area contributed by atoms with Crippen LogP contribution in [-0.4, -0.2) is 20.5 Å². The van der Waals surface area contributed by atoms with Crippen molar-refractivity contribution in [3.05, 3.63) is 28.8 Å². The van der Waals surface area contributed by atoms with Crippen LogP contribution in [0.15, 0.2) is 23.1 Å². The van der Waals surface area contributed by atoms with Crippen molar-refractivity contribution in [1.29, 1.82) is 0 Å².